The van der Waals surface area contributed by atoms with Crippen LogP contribution in [0.2, 0.25) is 0 Å². The Kier molecular flexibility index (Phi) is 1.04. The zero-order valence-corrected chi connectivity index (χ0v) is 7.73. The van der Waals surface area contributed by atoms with Gasteiger partial charge in [0.05, 0.1) is 0 Å². The van der Waals surface area contributed by atoms with Gasteiger partial charge in [-0.2, -0.15) is 0 Å². The van der Waals surface area contributed by atoms with Crippen molar-refractivity contribution in [1.29, 1.82) is 0 Å². The summed E-state index contributed by atoms with van der Waals surface area (Å²) >= 11 is 0. The van der Waals surface area contributed by atoms with Crippen molar-refractivity contribution in [3.8, 4) is 0 Å². The third-order valence-electron chi connectivity index (χ3n) is 3.37. The molecule has 0 N–H and O–H groups in total. The largest absolute Gasteiger partial charge is 0.456 e. The molecule has 1 nitrogen and oxygen atoms in total. The summed E-state index contributed by atoms with van der Waals surface area (Å²) in [5, 5.41) is 1.32. The van der Waals surface area contributed by atoms with Crippen LogP contribution in [0.5, 0.6) is 0 Å². The number of para-hydroxylation sites is 1. The van der Waals surface area contributed by atoms with E-state index in [4.69, 9.17) is 4.42 Å². The Labute approximate surface area is 82.0 Å². The lowest BCUT2D eigenvalue weighted by atomic mass is 10.0. The summed E-state index contributed by atoms with van der Waals surface area (Å²) < 4.78 is 5.80. The highest BCUT2D eigenvalue weighted by Crippen LogP contribution is 2.55. The highest BCUT2D eigenvalue weighted by atomic mass is 16.3. The van der Waals surface area contributed by atoms with Gasteiger partial charge >= 0.3 is 0 Å². The van der Waals surface area contributed by atoms with Crippen LogP contribution in [0.1, 0.15) is 23.7 Å². The molecule has 0 saturated heterocycles. The molecule has 1 heteroatoms. The van der Waals surface area contributed by atoms with E-state index in [0.29, 0.717) is 0 Å². The minimum Gasteiger partial charge on any atom is -0.456 e. The van der Waals surface area contributed by atoms with E-state index < -0.39 is 0 Å². The number of allylic oxidation sites excluding steroid dienone is 1. The second kappa shape index (κ2) is 2.11. The predicted octanol–water partition coefficient (Wildman–Crippen LogP) is 3.56. The molecule has 2 aromatic rings. The van der Waals surface area contributed by atoms with Gasteiger partial charge in [-0.25, -0.2) is 0 Å². The van der Waals surface area contributed by atoms with E-state index in [1.807, 2.05) is 6.07 Å². The first-order valence-corrected chi connectivity index (χ1v) is 5.13. The highest BCUT2D eigenvalue weighted by Gasteiger charge is 2.42. The molecule has 0 amide bonds. The van der Waals surface area contributed by atoms with E-state index in [-0.39, 0.29) is 0 Å². The van der Waals surface area contributed by atoms with Gasteiger partial charge in [0.2, 0.25) is 0 Å². The summed E-state index contributed by atoms with van der Waals surface area (Å²) in [6, 6.07) is 8.35. The summed E-state index contributed by atoms with van der Waals surface area (Å²) in [5.41, 5.74) is 2.49. The smallest absolute Gasteiger partial charge is 0.135 e. The molecule has 4 rings (SSSR count). The first-order valence-electron chi connectivity index (χ1n) is 5.13. The van der Waals surface area contributed by atoms with E-state index in [1.165, 1.54) is 17.4 Å². The number of furan rings is 1. The SMILES string of the molecule is C1=CC2CC2c2c1oc1ccccc21. The van der Waals surface area contributed by atoms with Crippen LogP contribution in [0, 0.1) is 5.92 Å². The van der Waals surface area contributed by atoms with Crippen LogP contribution in [0.25, 0.3) is 17.0 Å². The molecule has 0 radical (unpaired) electrons. The molecule has 2 unspecified atom stereocenters. The van der Waals surface area contributed by atoms with Crippen molar-refractivity contribution in [2.24, 2.45) is 5.92 Å². The first-order chi connectivity index (χ1) is 6.93. The van der Waals surface area contributed by atoms with Crippen LogP contribution in [0.4, 0.5) is 0 Å². The second-order valence-electron chi connectivity index (χ2n) is 4.24. The van der Waals surface area contributed by atoms with E-state index in [2.05, 4.69) is 30.4 Å². The van der Waals surface area contributed by atoms with Crippen LogP contribution in [-0.4, -0.2) is 0 Å². The average molecular weight is 182 g/mol. The molecule has 0 bridgehead atoms. The number of fused-ring (bicyclic) bond motifs is 5. The maximum absolute atomic E-state index is 5.80. The topological polar surface area (TPSA) is 13.1 Å². The lowest BCUT2D eigenvalue weighted by molar-refractivity contribution is 0.595. The molecule has 0 spiro atoms. The molecule has 2 aliphatic carbocycles. The highest BCUT2D eigenvalue weighted by molar-refractivity contribution is 5.86. The normalized spacial score (nSPS) is 27.4. The zero-order valence-electron chi connectivity index (χ0n) is 7.73. The Bertz CT molecular complexity index is 547. The Morgan fingerprint density at radius 3 is 3.14 bits per heavy atom. The quantitative estimate of drug-likeness (QED) is 0.607. The maximum Gasteiger partial charge on any atom is 0.135 e. The van der Waals surface area contributed by atoms with Crippen molar-refractivity contribution in [2.75, 3.05) is 0 Å². The Morgan fingerprint density at radius 2 is 2.14 bits per heavy atom. The lowest BCUT2D eigenvalue weighted by Gasteiger charge is -2.01. The standard InChI is InChI=1S/C13H10O/c1-2-4-11-9(3-1)13-10-7-8(10)5-6-12(13)14-11/h1-6,8,10H,7H2. The zero-order chi connectivity index (χ0) is 9.12. The molecule has 14 heavy (non-hydrogen) atoms. The maximum atomic E-state index is 5.80. The van der Waals surface area contributed by atoms with E-state index in [1.54, 1.807) is 0 Å². The van der Waals surface area contributed by atoms with Gasteiger partial charge < -0.3 is 4.42 Å². The molecule has 1 saturated carbocycles. The number of rotatable bonds is 0. The summed E-state index contributed by atoms with van der Waals surface area (Å²) in [6.07, 6.45) is 5.74. The summed E-state index contributed by atoms with van der Waals surface area (Å²) in [6.45, 7) is 0. The first kappa shape index (κ1) is 6.88. The minimum absolute atomic E-state index is 0.749. The van der Waals surface area contributed by atoms with Gasteiger partial charge in [0.15, 0.2) is 0 Å². The molecular formula is C13H10O. The van der Waals surface area contributed by atoms with Gasteiger partial charge in [0.1, 0.15) is 11.3 Å². The summed E-state index contributed by atoms with van der Waals surface area (Å²) in [5.74, 6) is 2.63. The molecule has 0 aliphatic heterocycles. The molecular weight excluding hydrogens is 172 g/mol. The Balaban J connectivity index is 2.15. The Hall–Kier alpha value is -1.50. The molecule has 68 valence electrons. The van der Waals surface area contributed by atoms with Crippen molar-refractivity contribution >= 4 is 17.0 Å². The van der Waals surface area contributed by atoms with Gasteiger partial charge in [0, 0.05) is 10.9 Å². The Morgan fingerprint density at radius 1 is 1.21 bits per heavy atom. The molecule has 2 aliphatic rings. The lowest BCUT2D eigenvalue weighted by Crippen LogP contribution is -1.87. The van der Waals surface area contributed by atoms with Crippen molar-refractivity contribution in [3.05, 3.63) is 41.7 Å². The molecule has 1 heterocycles. The van der Waals surface area contributed by atoms with Crippen LogP contribution in [0.15, 0.2) is 34.8 Å². The van der Waals surface area contributed by atoms with Crippen molar-refractivity contribution in [3.63, 3.8) is 0 Å². The van der Waals surface area contributed by atoms with E-state index in [0.717, 1.165) is 23.2 Å². The van der Waals surface area contributed by atoms with Crippen LogP contribution in [0.3, 0.4) is 0 Å². The fourth-order valence-corrected chi connectivity index (χ4v) is 2.56. The predicted molar refractivity (Wildman–Crippen MR) is 56.1 cm³/mol. The molecule has 1 aromatic heterocycles. The van der Waals surface area contributed by atoms with E-state index in [9.17, 15) is 0 Å². The monoisotopic (exact) mass is 182 g/mol. The van der Waals surface area contributed by atoms with Gasteiger partial charge in [-0.15, -0.1) is 0 Å². The fourth-order valence-electron chi connectivity index (χ4n) is 2.56. The number of hydrogen-bond donors (Lipinski definition) is 0. The van der Waals surface area contributed by atoms with Crippen molar-refractivity contribution < 1.29 is 4.42 Å². The number of benzene rings is 1. The molecule has 2 atom stereocenters. The van der Waals surface area contributed by atoms with Gasteiger partial charge in [-0.1, -0.05) is 24.3 Å². The van der Waals surface area contributed by atoms with Gasteiger partial charge in [0.25, 0.3) is 0 Å². The van der Waals surface area contributed by atoms with Crippen LogP contribution >= 0.6 is 0 Å². The van der Waals surface area contributed by atoms with E-state index >= 15 is 0 Å². The third-order valence-corrected chi connectivity index (χ3v) is 3.37. The summed E-state index contributed by atoms with van der Waals surface area (Å²) in [4.78, 5) is 0. The fraction of sp³-hybridized carbons (Fsp3) is 0.231. The van der Waals surface area contributed by atoms with Crippen LogP contribution < -0.4 is 0 Å². The third kappa shape index (κ3) is 0.711. The minimum atomic E-state index is 0.749. The molecule has 1 aromatic carbocycles. The van der Waals surface area contributed by atoms with Crippen LogP contribution in [-0.2, 0) is 0 Å². The van der Waals surface area contributed by atoms with Gasteiger partial charge in [-0.3, -0.25) is 0 Å². The molecule has 1 fully saturated rings. The number of hydrogen-bond acceptors (Lipinski definition) is 1. The second-order valence-corrected chi connectivity index (χ2v) is 4.24. The average Bonchev–Trinajstić information content (AvgIpc) is 2.91. The van der Waals surface area contributed by atoms with Crippen molar-refractivity contribution in [2.45, 2.75) is 12.3 Å². The van der Waals surface area contributed by atoms with Crippen molar-refractivity contribution in [1.82, 2.24) is 0 Å². The summed E-state index contributed by atoms with van der Waals surface area (Å²) in [7, 11) is 0. The van der Waals surface area contributed by atoms with Gasteiger partial charge in [-0.05, 0) is 30.4 Å².